The Balaban J connectivity index is 1.72. The van der Waals surface area contributed by atoms with Crippen molar-refractivity contribution < 1.29 is 13.9 Å². The summed E-state index contributed by atoms with van der Waals surface area (Å²) in [6.07, 6.45) is 1.59. The number of fused-ring (bicyclic) bond motifs is 2. The van der Waals surface area contributed by atoms with E-state index in [4.69, 9.17) is 20.8 Å². The maximum Gasteiger partial charge on any atom is 0.297 e. The molecule has 0 saturated carbocycles. The third-order valence-electron chi connectivity index (χ3n) is 5.78. The predicted octanol–water partition coefficient (Wildman–Crippen LogP) is 5.71. The molecule has 2 aromatic heterocycles. The summed E-state index contributed by atoms with van der Waals surface area (Å²) in [5.74, 6) is 0.319. The van der Waals surface area contributed by atoms with E-state index in [0.717, 1.165) is 28.3 Å². The van der Waals surface area contributed by atoms with E-state index in [1.54, 1.807) is 12.1 Å². The molecule has 34 heavy (non-hydrogen) atoms. The van der Waals surface area contributed by atoms with E-state index >= 15 is 0 Å². The molecular weight excluding hydrogens is 474 g/mol. The number of anilines is 1. The zero-order valence-electron chi connectivity index (χ0n) is 18.9. The summed E-state index contributed by atoms with van der Waals surface area (Å²) < 4.78 is 11.7. The fourth-order valence-electron chi connectivity index (χ4n) is 4.06. The number of hydrogen-bond donors (Lipinski definition) is 0. The molecular formula is C25H22ClN3O4S. The van der Waals surface area contributed by atoms with Gasteiger partial charge in [0, 0.05) is 5.02 Å². The molecule has 0 bridgehead atoms. The summed E-state index contributed by atoms with van der Waals surface area (Å²) in [5, 5.41) is 10.4. The molecule has 7 nitrogen and oxygen atoms in total. The van der Waals surface area contributed by atoms with Crippen molar-refractivity contribution in [1.29, 1.82) is 0 Å². The lowest BCUT2D eigenvalue weighted by molar-refractivity contribution is 0.0970. The monoisotopic (exact) mass is 495 g/mol. The molecule has 1 amide bonds. The number of amides is 1. The van der Waals surface area contributed by atoms with Crippen LogP contribution in [0.5, 0.6) is 5.75 Å². The van der Waals surface area contributed by atoms with Crippen LogP contribution in [0.3, 0.4) is 0 Å². The molecule has 1 aliphatic rings. The summed E-state index contributed by atoms with van der Waals surface area (Å²) in [6.45, 7) is 6.44. The lowest BCUT2D eigenvalue weighted by Gasteiger charge is -2.22. The molecule has 1 atom stereocenters. The number of rotatable bonds is 6. The molecule has 4 aromatic rings. The Morgan fingerprint density at radius 3 is 2.59 bits per heavy atom. The molecule has 2 aromatic carbocycles. The Morgan fingerprint density at radius 1 is 1.15 bits per heavy atom. The second-order valence-electron chi connectivity index (χ2n) is 8.10. The van der Waals surface area contributed by atoms with Crippen LogP contribution in [0.2, 0.25) is 5.02 Å². The fourth-order valence-corrected chi connectivity index (χ4v) is 5.03. The van der Waals surface area contributed by atoms with Gasteiger partial charge in [0.1, 0.15) is 16.3 Å². The highest BCUT2D eigenvalue weighted by molar-refractivity contribution is 7.15. The molecule has 0 aliphatic carbocycles. The number of carbonyl (C=O) groups is 1. The van der Waals surface area contributed by atoms with Gasteiger partial charge < -0.3 is 9.15 Å². The Hall–Kier alpha value is -3.23. The lowest BCUT2D eigenvalue weighted by Crippen LogP contribution is -2.29. The van der Waals surface area contributed by atoms with Crippen LogP contribution in [0.15, 0.2) is 45.6 Å². The minimum absolute atomic E-state index is 0.0174. The van der Waals surface area contributed by atoms with Crippen molar-refractivity contribution in [3.63, 3.8) is 0 Å². The average molecular weight is 496 g/mol. The normalized spacial score (nSPS) is 15.2. The number of aromatic nitrogens is 2. The minimum Gasteiger partial charge on any atom is -0.494 e. The summed E-state index contributed by atoms with van der Waals surface area (Å²) in [7, 11) is 0. The fraction of sp³-hybridized carbons (Fsp3) is 0.280. The van der Waals surface area contributed by atoms with E-state index in [9.17, 15) is 9.59 Å². The number of nitrogens with zero attached hydrogens (tertiary/aromatic N) is 3. The topological polar surface area (TPSA) is 85.5 Å². The van der Waals surface area contributed by atoms with Crippen LogP contribution in [0.4, 0.5) is 5.13 Å². The van der Waals surface area contributed by atoms with Crippen molar-refractivity contribution in [1.82, 2.24) is 10.2 Å². The van der Waals surface area contributed by atoms with Gasteiger partial charge in [0.2, 0.25) is 10.9 Å². The van der Waals surface area contributed by atoms with Gasteiger partial charge in [-0.1, -0.05) is 48.9 Å². The number of aryl methyl sites for hydroxylation is 2. The first-order valence-corrected chi connectivity index (χ1v) is 12.3. The standard InChI is InChI=1S/C25H22ClN3O4S/c1-4-10-32-15-8-6-14(7-9-15)21-20-22(30)16-12-17(26)13(3)11-18(16)33-23(20)24(31)29(21)25-28-27-19(5-2)34-25/h6-9,11-12,21H,4-5,10H2,1-3H3. The molecule has 0 N–H and O–H groups in total. The van der Waals surface area contributed by atoms with E-state index in [1.165, 1.54) is 16.2 Å². The van der Waals surface area contributed by atoms with E-state index < -0.39 is 11.9 Å². The maximum atomic E-state index is 13.7. The van der Waals surface area contributed by atoms with E-state index in [-0.39, 0.29) is 16.8 Å². The smallest absolute Gasteiger partial charge is 0.297 e. The average Bonchev–Trinajstić information content (AvgIpc) is 3.42. The first-order valence-electron chi connectivity index (χ1n) is 11.1. The molecule has 5 rings (SSSR count). The van der Waals surface area contributed by atoms with Gasteiger partial charge in [0.25, 0.3) is 5.91 Å². The first-order chi connectivity index (χ1) is 16.4. The SMILES string of the molecule is CCCOc1ccc(C2c3c(oc4cc(C)c(Cl)cc4c3=O)C(=O)N2c2nnc(CC)s2)cc1. The molecule has 1 aliphatic heterocycles. The highest BCUT2D eigenvalue weighted by Gasteiger charge is 2.45. The van der Waals surface area contributed by atoms with Gasteiger partial charge in [-0.05, 0) is 55.2 Å². The summed E-state index contributed by atoms with van der Waals surface area (Å²) in [6, 6.07) is 9.98. The van der Waals surface area contributed by atoms with Crippen LogP contribution < -0.4 is 15.1 Å². The van der Waals surface area contributed by atoms with Crippen LogP contribution in [-0.4, -0.2) is 22.7 Å². The van der Waals surface area contributed by atoms with Crippen LogP contribution in [0.25, 0.3) is 11.0 Å². The molecule has 0 saturated heterocycles. The third-order valence-corrected chi connectivity index (χ3v) is 7.26. The maximum absolute atomic E-state index is 13.7. The Labute approximate surface area is 204 Å². The van der Waals surface area contributed by atoms with Gasteiger partial charge in [0.15, 0.2) is 5.43 Å². The number of ether oxygens (including phenoxy) is 1. The largest absolute Gasteiger partial charge is 0.494 e. The zero-order valence-corrected chi connectivity index (χ0v) is 20.5. The van der Waals surface area contributed by atoms with E-state index in [1.807, 2.05) is 45.0 Å². The van der Waals surface area contributed by atoms with Crippen LogP contribution in [0.1, 0.15) is 58.6 Å². The quantitative estimate of drug-likeness (QED) is 0.340. The molecule has 3 heterocycles. The van der Waals surface area contributed by atoms with Crippen molar-refractivity contribution in [3.8, 4) is 5.75 Å². The van der Waals surface area contributed by atoms with E-state index in [0.29, 0.717) is 34.2 Å². The van der Waals surface area contributed by atoms with Crippen molar-refractivity contribution in [2.24, 2.45) is 0 Å². The Morgan fingerprint density at radius 2 is 1.91 bits per heavy atom. The molecule has 0 radical (unpaired) electrons. The number of benzene rings is 2. The van der Waals surface area contributed by atoms with Crippen LogP contribution >= 0.6 is 22.9 Å². The van der Waals surface area contributed by atoms with Gasteiger partial charge in [-0.15, -0.1) is 10.2 Å². The highest BCUT2D eigenvalue weighted by Crippen LogP contribution is 2.42. The predicted molar refractivity (Wildman–Crippen MR) is 132 cm³/mol. The zero-order chi connectivity index (χ0) is 24.0. The third kappa shape index (κ3) is 3.67. The van der Waals surface area contributed by atoms with Gasteiger partial charge in [-0.2, -0.15) is 0 Å². The van der Waals surface area contributed by atoms with Gasteiger partial charge >= 0.3 is 0 Å². The molecule has 1 unspecified atom stereocenters. The number of hydrogen-bond acceptors (Lipinski definition) is 7. The lowest BCUT2D eigenvalue weighted by atomic mass is 9.98. The highest BCUT2D eigenvalue weighted by atomic mass is 35.5. The first kappa shape index (κ1) is 22.6. The van der Waals surface area contributed by atoms with Crippen LogP contribution in [0, 0.1) is 6.92 Å². The number of halogens is 1. The Bertz CT molecular complexity index is 1460. The number of carbonyl (C=O) groups excluding carboxylic acids is 1. The van der Waals surface area contributed by atoms with Gasteiger partial charge in [-0.25, -0.2) is 0 Å². The summed E-state index contributed by atoms with van der Waals surface area (Å²) >= 11 is 7.63. The van der Waals surface area contributed by atoms with Crippen molar-refractivity contribution in [2.75, 3.05) is 11.5 Å². The summed E-state index contributed by atoms with van der Waals surface area (Å²) in [5.41, 5.74) is 1.82. The second kappa shape index (κ2) is 8.85. The van der Waals surface area contributed by atoms with Gasteiger partial charge in [0.05, 0.1) is 23.6 Å². The van der Waals surface area contributed by atoms with Crippen molar-refractivity contribution in [2.45, 2.75) is 39.7 Å². The molecule has 9 heteroatoms. The molecule has 0 spiro atoms. The van der Waals surface area contributed by atoms with Crippen molar-refractivity contribution in [3.05, 3.63) is 79.1 Å². The molecule has 0 fully saturated rings. The van der Waals surface area contributed by atoms with E-state index in [2.05, 4.69) is 10.2 Å². The second-order valence-corrected chi connectivity index (χ2v) is 9.55. The van der Waals surface area contributed by atoms with Gasteiger partial charge in [-0.3, -0.25) is 14.5 Å². The minimum atomic E-state index is -0.707. The van der Waals surface area contributed by atoms with Crippen LogP contribution in [-0.2, 0) is 6.42 Å². The summed E-state index contributed by atoms with van der Waals surface area (Å²) in [4.78, 5) is 28.8. The molecule has 174 valence electrons. The Kier molecular flexibility index (Phi) is 5.87. The van der Waals surface area contributed by atoms with Crippen molar-refractivity contribution >= 4 is 44.9 Å².